The molecule has 5 N–H and O–H groups in total. The second kappa shape index (κ2) is 12.9. The zero-order valence-electron chi connectivity index (χ0n) is 21.1. The molecule has 0 atom stereocenters. The lowest BCUT2D eigenvalue weighted by molar-refractivity contribution is 0.374. The highest BCUT2D eigenvalue weighted by Gasteiger charge is 2.23. The highest BCUT2D eigenvalue weighted by molar-refractivity contribution is 7.86. The zero-order valence-corrected chi connectivity index (χ0v) is 22.7. The van der Waals surface area contributed by atoms with E-state index >= 15 is 0 Å². The molecule has 0 amide bonds. The van der Waals surface area contributed by atoms with Crippen LogP contribution in [0.5, 0.6) is 23.0 Å². The SMILES string of the molecule is C=Cc1c(OC)cc(OC)cc1OC.COc1ccccc1-c1c(N)c(C=S(=O)=O)cc(S(=O)(=O)O)c1N. The number of hydrogen-bond acceptors (Lipinski definition) is 10. The Kier molecular flexibility index (Phi) is 10.2. The van der Waals surface area contributed by atoms with Crippen molar-refractivity contribution < 1.29 is 40.3 Å². The minimum Gasteiger partial charge on any atom is -0.496 e. The molecule has 0 aromatic heterocycles. The van der Waals surface area contributed by atoms with Crippen LogP contribution in [0.4, 0.5) is 11.4 Å². The molecule has 0 heterocycles. The van der Waals surface area contributed by atoms with Crippen molar-refractivity contribution in [3.05, 3.63) is 60.2 Å². The first-order chi connectivity index (χ1) is 17.9. The maximum Gasteiger partial charge on any atom is 0.296 e. The molecule has 0 fully saturated rings. The van der Waals surface area contributed by atoms with Gasteiger partial charge in [0.05, 0.1) is 50.7 Å². The van der Waals surface area contributed by atoms with E-state index in [2.05, 4.69) is 6.58 Å². The topological polar surface area (TPSA) is 177 Å². The minimum absolute atomic E-state index is 0.0549. The number of benzene rings is 3. The molecule has 0 unspecified atom stereocenters. The first-order valence-electron chi connectivity index (χ1n) is 10.6. The van der Waals surface area contributed by atoms with E-state index in [1.54, 1.807) is 63.8 Å². The van der Waals surface area contributed by atoms with Crippen LogP contribution in [0.15, 0.2) is 53.9 Å². The van der Waals surface area contributed by atoms with Gasteiger partial charge in [-0.15, -0.1) is 0 Å². The predicted molar refractivity (Wildman–Crippen MR) is 147 cm³/mol. The molecule has 13 heteroatoms. The van der Waals surface area contributed by atoms with E-state index in [0.29, 0.717) is 28.6 Å². The Morgan fingerprint density at radius 2 is 1.42 bits per heavy atom. The average Bonchev–Trinajstić information content (AvgIpc) is 2.89. The van der Waals surface area contributed by atoms with Crippen molar-refractivity contribution in [1.82, 2.24) is 0 Å². The van der Waals surface area contributed by atoms with E-state index in [4.69, 9.17) is 30.4 Å². The smallest absolute Gasteiger partial charge is 0.296 e. The molecule has 3 rings (SSSR count). The van der Waals surface area contributed by atoms with Crippen molar-refractivity contribution in [2.75, 3.05) is 39.9 Å². The lowest BCUT2D eigenvalue weighted by Gasteiger charge is -2.17. The monoisotopic (exact) mass is 564 g/mol. The van der Waals surface area contributed by atoms with Gasteiger partial charge < -0.3 is 30.4 Å². The van der Waals surface area contributed by atoms with Crippen LogP contribution in [0.25, 0.3) is 17.2 Å². The van der Waals surface area contributed by atoms with Gasteiger partial charge in [0.25, 0.3) is 10.1 Å². The first-order valence-corrected chi connectivity index (χ1v) is 13.2. The number of ether oxygens (including phenoxy) is 4. The van der Waals surface area contributed by atoms with Crippen molar-refractivity contribution >= 4 is 43.2 Å². The molecule has 0 aliphatic heterocycles. The van der Waals surface area contributed by atoms with Crippen LogP contribution < -0.4 is 30.4 Å². The largest absolute Gasteiger partial charge is 0.496 e. The fraction of sp³-hybridized carbons (Fsp3) is 0.160. The maximum absolute atomic E-state index is 11.6. The summed E-state index contributed by atoms with van der Waals surface area (Å²) in [7, 11) is -1.15. The van der Waals surface area contributed by atoms with Crippen LogP contribution >= 0.6 is 0 Å². The molecule has 0 aliphatic carbocycles. The van der Waals surface area contributed by atoms with Crippen molar-refractivity contribution in [2.45, 2.75) is 4.90 Å². The Labute approximate surface area is 222 Å². The Morgan fingerprint density at radius 1 is 0.868 bits per heavy atom. The summed E-state index contributed by atoms with van der Waals surface area (Å²) in [5.41, 5.74) is 12.6. The van der Waals surface area contributed by atoms with Crippen LogP contribution in [-0.2, 0) is 20.4 Å². The third-order valence-electron chi connectivity index (χ3n) is 5.24. The molecule has 3 aromatic carbocycles. The summed E-state index contributed by atoms with van der Waals surface area (Å²) >= 11 is 0. The first kappa shape index (κ1) is 30.0. The molecular formula is C25H28N2O9S2. The van der Waals surface area contributed by atoms with Gasteiger partial charge in [0.1, 0.15) is 27.9 Å². The summed E-state index contributed by atoms with van der Waals surface area (Å²) in [6.45, 7) is 3.70. The molecule has 0 saturated heterocycles. The van der Waals surface area contributed by atoms with Crippen LogP contribution in [0.3, 0.4) is 0 Å². The summed E-state index contributed by atoms with van der Waals surface area (Å²) < 4.78 is 75.1. The molecule has 11 nitrogen and oxygen atoms in total. The fourth-order valence-corrected chi connectivity index (χ4v) is 4.56. The van der Waals surface area contributed by atoms with Crippen LogP contribution in [0.1, 0.15) is 11.1 Å². The van der Waals surface area contributed by atoms with Gasteiger partial charge in [-0.25, -0.2) is 0 Å². The summed E-state index contributed by atoms with van der Waals surface area (Å²) in [6, 6.07) is 11.0. The summed E-state index contributed by atoms with van der Waals surface area (Å²) in [6.07, 6.45) is 1.69. The van der Waals surface area contributed by atoms with Crippen molar-refractivity contribution in [3.63, 3.8) is 0 Å². The number of methoxy groups -OCH3 is 4. The molecule has 0 aliphatic rings. The number of hydrogen-bond donors (Lipinski definition) is 3. The Morgan fingerprint density at radius 3 is 1.87 bits per heavy atom. The van der Waals surface area contributed by atoms with Gasteiger partial charge in [0, 0.05) is 28.8 Å². The number of para-hydroxylation sites is 1. The predicted octanol–water partition coefficient (Wildman–Crippen LogP) is 3.16. The fourth-order valence-electron chi connectivity index (χ4n) is 3.50. The standard InChI is InChI=1S/C14H14N2O6S2.C11H14O3/c1-22-10-5-3-2-4-9(10)12-13(15)8(7-23(17)18)6-11(14(12)16)24(19,20)21;1-5-9-10(13-3)6-8(12-2)7-11(9)14-4/h2-7H,15-16H2,1H3,(H,19,20,21);5-7H,1H2,2-4H3. The normalized spacial score (nSPS) is 10.4. The second-order valence-corrected chi connectivity index (χ2v) is 9.52. The van der Waals surface area contributed by atoms with Crippen LogP contribution in [-0.4, -0.2) is 55.2 Å². The van der Waals surface area contributed by atoms with Crippen molar-refractivity contribution in [3.8, 4) is 34.1 Å². The third-order valence-corrected chi connectivity index (χ3v) is 6.58. The molecule has 38 heavy (non-hydrogen) atoms. The molecule has 0 radical (unpaired) electrons. The lowest BCUT2D eigenvalue weighted by Crippen LogP contribution is -2.09. The Balaban J connectivity index is 0.000000308. The van der Waals surface area contributed by atoms with Gasteiger partial charge >= 0.3 is 0 Å². The Hall–Kier alpha value is -4.20. The number of rotatable bonds is 8. The van der Waals surface area contributed by atoms with Gasteiger partial charge in [-0.1, -0.05) is 30.9 Å². The van der Waals surface area contributed by atoms with Gasteiger partial charge in [0.15, 0.2) is 0 Å². The van der Waals surface area contributed by atoms with E-state index in [-0.39, 0.29) is 22.5 Å². The van der Waals surface area contributed by atoms with Gasteiger partial charge in [0.2, 0.25) is 10.3 Å². The summed E-state index contributed by atoms with van der Waals surface area (Å²) in [5, 5.41) is 0.725. The van der Waals surface area contributed by atoms with E-state index in [1.807, 2.05) is 0 Å². The zero-order chi connectivity index (χ0) is 28.6. The molecule has 0 bridgehead atoms. The van der Waals surface area contributed by atoms with Crippen molar-refractivity contribution in [1.29, 1.82) is 0 Å². The Bertz CT molecular complexity index is 1550. The molecular weight excluding hydrogens is 536 g/mol. The van der Waals surface area contributed by atoms with Gasteiger partial charge in [-0.05, 0) is 12.1 Å². The third kappa shape index (κ3) is 6.76. The number of anilines is 2. The molecule has 0 saturated carbocycles. The highest BCUT2D eigenvalue weighted by Crippen LogP contribution is 2.42. The van der Waals surface area contributed by atoms with E-state index in [0.717, 1.165) is 17.0 Å². The van der Waals surface area contributed by atoms with Crippen LogP contribution in [0, 0.1) is 0 Å². The van der Waals surface area contributed by atoms with E-state index in [9.17, 15) is 21.4 Å². The van der Waals surface area contributed by atoms with E-state index in [1.165, 1.54) is 7.11 Å². The lowest BCUT2D eigenvalue weighted by atomic mass is 9.98. The number of nitrogen functional groups attached to an aromatic ring is 2. The minimum atomic E-state index is -4.70. The summed E-state index contributed by atoms with van der Waals surface area (Å²) in [5.74, 6) is 2.43. The quantitative estimate of drug-likeness (QED) is 0.208. The molecule has 0 spiro atoms. The highest BCUT2D eigenvalue weighted by atomic mass is 32.2. The average molecular weight is 565 g/mol. The van der Waals surface area contributed by atoms with Crippen molar-refractivity contribution in [2.24, 2.45) is 0 Å². The van der Waals surface area contributed by atoms with Gasteiger partial charge in [-0.2, -0.15) is 16.8 Å². The van der Waals surface area contributed by atoms with Gasteiger partial charge in [-0.3, -0.25) is 4.55 Å². The molecule has 3 aromatic rings. The maximum atomic E-state index is 11.6. The van der Waals surface area contributed by atoms with E-state index < -0.39 is 25.3 Å². The molecule has 204 valence electrons. The second-order valence-electron chi connectivity index (χ2n) is 7.37. The number of nitrogens with two attached hydrogens (primary N) is 2. The van der Waals surface area contributed by atoms with Crippen LogP contribution in [0.2, 0.25) is 0 Å². The summed E-state index contributed by atoms with van der Waals surface area (Å²) in [4.78, 5) is -0.644.